The van der Waals surface area contributed by atoms with Crippen molar-refractivity contribution >= 4 is 17.6 Å². The van der Waals surface area contributed by atoms with E-state index >= 15 is 0 Å². The minimum atomic E-state index is -0.481. The molecule has 1 aromatic carbocycles. The van der Waals surface area contributed by atoms with Crippen LogP contribution in [0.5, 0.6) is 0 Å². The number of anilines is 2. The average molecular weight is 484 g/mol. The maximum absolute atomic E-state index is 12.2. The molecule has 0 radical (unpaired) electrons. The Bertz CT molecular complexity index is 1370. The molecule has 0 aliphatic heterocycles. The lowest BCUT2D eigenvalue weighted by molar-refractivity contribution is -0.143. The third-order valence-corrected chi connectivity index (χ3v) is 6.47. The lowest BCUT2D eigenvalue weighted by Crippen LogP contribution is -2.21. The Morgan fingerprint density at radius 2 is 1.78 bits per heavy atom. The number of aromatic nitrogens is 6. The maximum atomic E-state index is 12.2. The van der Waals surface area contributed by atoms with Crippen LogP contribution >= 0.6 is 0 Å². The van der Waals surface area contributed by atoms with Crippen LogP contribution in [0.25, 0.3) is 22.5 Å². The van der Waals surface area contributed by atoms with E-state index in [0.717, 1.165) is 53.2 Å². The molecular weight excluding hydrogens is 454 g/mol. The number of carbonyl (C=O) groups is 1. The van der Waals surface area contributed by atoms with Gasteiger partial charge >= 0.3 is 5.97 Å². The van der Waals surface area contributed by atoms with Crippen molar-refractivity contribution in [1.82, 2.24) is 29.7 Å². The van der Waals surface area contributed by atoms with E-state index in [1.165, 1.54) is 7.11 Å². The number of benzene rings is 1. The molecule has 0 unspecified atom stereocenters. The number of ether oxygens (including phenoxy) is 1. The molecule has 1 aliphatic rings. The number of esters is 1. The van der Waals surface area contributed by atoms with Gasteiger partial charge in [0.2, 0.25) is 0 Å². The van der Waals surface area contributed by atoms with Crippen molar-refractivity contribution in [3.8, 4) is 22.5 Å². The predicted molar refractivity (Wildman–Crippen MR) is 136 cm³/mol. The van der Waals surface area contributed by atoms with Gasteiger partial charge in [0.25, 0.3) is 0 Å². The summed E-state index contributed by atoms with van der Waals surface area (Å²) in [5.41, 5.74) is 4.63. The van der Waals surface area contributed by atoms with Crippen molar-refractivity contribution in [2.24, 2.45) is 13.0 Å². The molecule has 9 nitrogen and oxygen atoms in total. The Morgan fingerprint density at radius 1 is 1.06 bits per heavy atom. The minimum absolute atomic E-state index is 0.169. The Balaban J connectivity index is 1.36. The Morgan fingerprint density at radius 3 is 2.42 bits per heavy atom. The Kier molecular flexibility index (Phi) is 6.22. The van der Waals surface area contributed by atoms with Crippen molar-refractivity contribution in [2.75, 3.05) is 12.4 Å². The van der Waals surface area contributed by atoms with E-state index in [4.69, 9.17) is 4.74 Å². The van der Waals surface area contributed by atoms with Gasteiger partial charge in [0.05, 0.1) is 60.0 Å². The lowest BCUT2D eigenvalue weighted by Gasteiger charge is -2.13. The van der Waals surface area contributed by atoms with Gasteiger partial charge < -0.3 is 10.1 Å². The van der Waals surface area contributed by atoms with Crippen molar-refractivity contribution in [1.29, 1.82) is 0 Å². The van der Waals surface area contributed by atoms with Gasteiger partial charge in [0, 0.05) is 18.8 Å². The molecule has 4 aromatic rings. The second-order valence-electron chi connectivity index (χ2n) is 9.59. The molecule has 5 rings (SSSR count). The maximum Gasteiger partial charge on any atom is 0.316 e. The van der Waals surface area contributed by atoms with Crippen LogP contribution in [0.3, 0.4) is 0 Å². The third kappa shape index (κ3) is 4.56. The van der Waals surface area contributed by atoms with Gasteiger partial charge in [-0.2, -0.15) is 5.10 Å². The van der Waals surface area contributed by atoms with Crippen molar-refractivity contribution < 1.29 is 9.53 Å². The highest BCUT2D eigenvalue weighted by Crippen LogP contribution is 2.49. The molecule has 3 heterocycles. The number of hydrogen-bond acceptors (Lipinski definition) is 8. The topological polar surface area (TPSA) is 108 Å². The summed E-state index contributed by atoms with van der Waals surface area (Å²) >= 11 is 0. The molecular formula is C27H29N7O2. The van der Waals surface area contributed by atoms with Gasteiger partial charge in [-0.1, -0.05) is 38.1 Å². The third-order valence-electron chi connectivity index (χ3n) is 6.47. The molecule has 0 spiro atoms. The normalized spacial score (nSPS) is 14.0. The SMILES string of the molecule is COC(=O)C1(c2ccc(-c3cnc(-c4cnn(C)c4Nc4cncc(CC(C)C)n4)cn3)cc2)CC1. The fraction of sp³-hybridized carbons (Fsp3) is 0.333. The molecule has 0 saturated heterocycles. The first kappa shape index (κ1) is 23.6. The number of rotatable bonds is 8. The number of nitrogens with one attached hydrogen (secondary N) is 1. The summed E-state index contributed by atoms with van der Waals surface area (Å²) in [5, 5.41) is 7.74. The van der Waals surface area contributed by atoms with E-state index in [-0.39, 0.29) is 5.97 Å². The molecule has 0 bridgehead atoms. The largest absolute Gasteiger partial charge is 0.468 e. The fourth-order valence-corrected chi connectivity index (χ4v) is 4.38. The van der Waals surface area contributed by atoms with E-state index < -0.39 is 5.41 Å². The molecule has 0 amide bonds. The van der Waals surface area contributed by atoms with Crippen LogP contribution in [0.4, 0.5) is 11.6 Å². The molecule has 184 valence electrons. The first-order valence-corrected chi connectivity index (χ1v) is 12.0. The predicted octanol–water partition coefficient (Wildman–Crippen LogP) is 4.48. The van der Waals surface area contributed by atoms with Crippen LogP contribution in [0.1, 0.15) is 37.9 Å². The summed E-state index contributed by atoms with van der Waals surface area (Å²) in [6, 6.07) is 7.91. The highest BCUT2D eigenvalue weighted by molar-refractivity contribution is 5.86. The van der Waals surface area contributed by atoms with Gasteiger partial charge in [-0.15, -0.1) is 0 Å². The van der Waals surface area contributed by atoms with Gasteiger partial charge in [-0.3, -0.25) is 24.4 Å². The number of nitrogens with zero attached hydrogens (tertiary/aromatic N) is 6. The molecule has 3 aromatic heterocycles. The van der Waals surface area contributed by atoms with E-state index in [1.54, 1.807) is 35.7 Å². The second-order valence-corrected chi connectivity index (χ2v) is 9.59. The molecule has 36 heavy (non-hydrogen) atoms. The molecule has 1 N–H and O–H groups in total. The van der Waals surface area contributed by atoms with E-state index in [9.17, 15) is 4.79 Å². The highest BCUT2D eigenvalue weighted by Gasteiger charge is 2.52. The smallest absolute Gasteiger partial charge is 0.316 e. The molecule has 1 saturated carbocycles. The van der Waals surface area contributed by atoms with Crippen LogP contribution < -0.4 is 5.32 Å². The van der Waals surface area contributed by atoms with Gasteiger partial charge in [0.1, 0.15) is 11.6 Å². The van der Waals surface area contributed by atoms with Gasteiger partial charge in [0.15, 0.2) is 0 Å². The summed E-state index contributed by atoms with van der Waals surface area (Å²) in [6.45, 7) is 4.31. The molecule has 1 aliphatic carbocycles. The van der Waals surface area contributed by atoms with Crippen molar-refractivity contribution in [3.05, 3.63) is 66.5 Å². The van der Waals surface area contributed by atoms with Crippen molar-refractivity contribution in [3.63, 3.8) is 0 Å². The number of aryl methyl sites for hydroxylation is 1. The van der Waals surface area contributed by atoms with Gasteiger partial charge in [-0.05, 0) is 30.7 Å². The monoisotopic (exact) mass is 483 g/mol. The Labute approximate surface area is 210 Å². The number of hydrogen-bond donors (Lipinski definition) is 1. The summed E-state index contributed by atoms with van der Waals surface area (Å²) in [7, 11) is 3.30. The zero-order valence-corrected chi connectivity index (χ0v) is 20.9. The summed E-state index contributed by atoms with van der Waals surface area (Å²) < 4.78 is 6.74. The summed E-state index contributed by atoms with van der Waals surface area (Å²) in [4.78, 5) is 30.5. The first-order valence-electron chi connectivity index (χ1n) is 12.0. The highest BCUT2D eigenvalue weighted by atomic mass is 16.5. The number of methoxy groups -OCH3 is 1. The number of carbonyl (C=O) groups excluding carboxylic acids is 1. The quantitative estimate of drug-likeness (QED) is 0.366. The molecule has 9 heteroatoms. The Hall–Kier alpha value is -4.14. The van der Waals surface area contributed by atoms with E-state index in [2.05, 4.69) is 44.2 Å². The minimum Gasteiger partial charge on any atom is -0.468 e. The van der Waals surface area contributed by atoms with E-state index in [0.29, 0.717) is 17.4 Å². The van der Waals surface area contributed by atoms with Crippen LogP contribution in [0.15, 0.2) is 55.2 Å². The van der Waals surface area contributed by atoms with Crippen LogP contribution in [0, 0.1) is 5.92 Å². The van der Waals surface area contributed by atoms with Crippen LogP contribution in [-0.2, 0) is 28.4 Å². The summed E-state index contributed by atoms with van der Waals surface area (Å²) in [5.74, 6) is 1.74. The summed E-state index contributed by atoms with van der Waals surface area (Å²) in [6.07, 6.45) is 11.2. The molecule has 1 fully saturated rings. The zero-order valence-electron chi connectivity index (χ0n) is 20.9. The van der Waals surface area contributed by atoms with Crippen LogP contribution in [0.2, 0.25) is 0 Å². The standard InChI is InChI=1S/C27H29N7O2/c1-17(2)11-20-12-28-16-24(32-20)33-25-21(13-31-34(25)3)23-15-29-22(14-30-23)18-5-7-19(8-6-18)27(9-10-27)26(35)36-4/h5-8,12-17H,9-11H2,1-4H3,(H,32,33). The van der Waals surface area contributed by atoms with Gasteiger partial charge in [-0.25, -0.2) is 4.98 Å². The zero-order chi connectivity index (χ0) is 25.3. The lowest BCUT2D eigenvalue weighted by atomic mass is 9.95. The van der Waals surface area contributed by atoms with E-state index in [1.807, 2.05) is 31.3 Å². The van der Waals surface area contributed by atoms with Crippen molar-refractivity contribution in [2.45, 2.75) is 38.5 Å². The fourth-order valence-electron chi connectivity index (χ4n) is 4.38. The first-order chi connectivity index (χ1) is 17.4. The van der Waals surface area contributed by atoms with Crippen LogP contribution in [-0.4, -0.2) is 42.8 Å². The molecule has 0 atom stereocenters. The second kappa shape index (κ2) is 9.49. The average Bonchev–Trinajstić information content (AvgIpc) is 3.62.